The molecule has 0 bridgehead atoms. The van der Waals surface area contributed by atoms with Crippen LogP contribution in [0.25, 0.3) is 17.1 Å². The lowest BCUT2D eigenvalue weighted by Crippen LogP contribution is -2.19. The smallest absolute Gasteiger partial charge is 0.262 e. The van der Waals surface area contributed by atoms with Gasteiger partial charge in [0.1, 0.15) is 18.7 Å². The van der Waals surface area contributed by atoms with E-state index in [1.165, 1.54) is 6.08 Å². The zero-order valence-corrected chi connectivity index (χ0v) is 16.0. The molecule has 2 aromatic carbocycles. The van der Waals surface area contributed by atoms with Crippen LogP contribution in [0.3, 0.4) is 0 Å². The van der Waals surface area contributed by atoms with Crippen LogP contribution in [-0.2, 0) is 11.4 Å². The average molecular weight is 390 g/mol. The second-order valence-corrected chi connectivity index (χ2v) is 7.16. The van der Waals surface area contributed by atoms with E-state index in [0.29, 0.717) is 12.4 Å². The molecule has 1 N–H and O–H groups in total. The van der Waals surface area contributed by atoms with Crippen molar-refractivity contribution in [1.29, 1.82) is 0 Å². The summed E-state index contributed by atoms with van der Waals surface area (Å²) in [6, 6.07) is 15.2. The van der Waals surface area contributed by atoms with E-state index >= 15 is 0 Å². The SMILES string of the molecule is Cc1nc(COc2ccccc2/C=C/C(=O)Nn2cnc3ccccc32)cs1. The predicted molar refractivity (Wildman–Crippen MR) is 111 cm³/mol. The van der Waals surface area contributed by atoms with Crippen LogP contribution in [0.5, 0.6) is 5.75 Å². The number of thiazole rings is 1. The molecular formula is C21H18N4O2S. The van der Waals surface area contributed by atoms with Gasteiger partial charge in [0.25, 0.3) is 5.91 Å². The van der Waals surface area contributed by atoms with E-state index in [-0.39, 0.29) is 5.91 Å². The van der Waals surface area contributed by atoms with Crippen LogP contribution in [0.15, 0.2) is 66.3 Å². The van der Waals surface area contributed by atoms with Crippen molar-refractivity contribution >= 4 is 34.4 Å². The Morgan fingerprint density at radius 1 is 1.21 bits per heavy atom. The third-order valence-corrected chi connectivity index (χ3v) is 4.88. The monoisotopic (exact) mass is 390 g/mol. The molecule has 1 amide bonds. The summed E-state index contributed by atoms with van der Waals surface area (Å²) in [4.78, 5) is 21.0. The van der Waals surface area contributed by atoms with E-state index in [0.717, 1.165) is 27.3 Å². The number of aromatic nitrogens is 3. The number of benzene rings is 2. The molecule has 6 nitrogen and oxygen atoms in total. The Kier molecular flexibility index (Phi) is 5.16. The number of hydrogen-bond donors (Lipinski definition) is 1. The maximum Gasteiger partial charge on any atom is 0.262 e. The predicted octanol–water partition coefficient (Wildman–Crippen LogP) is 4.16. The van der Waals surface area contributed by atoms with Gasteiger partial charge in [-0.2, -0.15) is 0 Å². The Hall–Kier alpha value is -3.45. The second-order valence-electron chi connectivity index (χ2n) is 6.10. The summed E-state index contributed by atoms with van der Waals surface area (Å²) in [5.74, 6) is 0.443. The van der Waals surface area contributed by atoms with Gasteiger partial charge in [0, 0.05) is 17.0 Å². The quantitative estimate of drug-likeness (QED) is 0.502. The number of imidazole rings is 1. The molecule has 2 heterocycles. The zero-order chi connectivity index (χ0) is 19.3. The maximum absolute atomic E-state index is 12.3. The Morgan fingerprint density at radius 3 is 2.89 bits per heavy atom. The Labute approximate surface area is 166 Å². The molecule has 0 aliphatic carbocycles. The normalized spacial score (nSPS) is 11.2. The molecule has 28 heavy (non-hydrogen) atoms. The molecule has 4 aromatic rings. The van der Waals surface area contributed by atoms with Gasteiger partial charge in [0.05, 0.1) is 21.7 Å². The van der Waals surface area contributed by atoms with Crippen molar-refractivity contribution in [2.45, 2.75) is 13.5 Å². The lowest BCUT2D eigenvalue weighted by atomic mass is 10.2. The van der Waals surface area contributed by atoms with Crippen molar-refractivity contribution in [2.24, 2.45) is 0 Å². The van der Waals surface area contributed by atoms with Crippen LogP contribution in [0.1, 0.15) is 16.3 Å². The highest BCUT2D eigenvalue weighted by Gasteiger charge is 2.06. The number of aryl methyl sites for hydroxylation is 1. The van der Waals surface area contributed by atoms with Gasteiger partial charge >= 0.3 is 0 Å². The number of amides is 1. The van der Waals surface area contributed by atoms with Crippen LogP contribution < -0.4 is 10.2 Å². The first-order valence-corrected chi connectivity index (χ1v) is 9.61. The minimum Gasteiger partial charge on any atom is -0.487 e. The molecule has 0 saturated carbocycles. The summed E-state index contributed by atoms with van der Waals surface area (Å²) in [6.45, 7) is 2.36. The number of carbonyl (C=O) groups is 1. The molecule has 0 spiro atoms. The second kappa shape index (κ2) is 8.06. The van der Waals surface area contributed by atoms with Gasteiger partial charge in [-0.25, -0.2) is 14.6 Å². The number of fused-ring (bicyclic) bond motifs is 1. The van der Waals surface area contributed by atoms with E-state index in [2.05, 4.69) is 15.4 Å². The number of para-hydroxylation sites is 3. The average Bonchev–Trinajstić information content (AvgIpc) is 3.32. The van der Waals surface area contributed by atoms with Gasteiger partial charge < -0.3 is 4.74 Å². The molecule has 0 aliphatic heterocycles. The summed E-state index contributed by atoms with van der Waals surface area (Å²) in [5.41, 5.74) is 6.17. The minimum atomic E-state index is -0.256. The van der Waals surface area contributed by atoms with Gasteiger partial charge in [-0.15, -0.1) is 11.3 Å². The molecule has 7 heteroatoms. The van der Waals surface area contributed by atoms with Crippen molar-refractivity contribution in [3.8, 4) is 5.75 Å². The molecule has 0 atom stereocenters. The summed E-state index contributed by atoms with van der Waals surface area (Å²) in [7, 11) is 0. The van der Waals surface area contributed by atoms with Gasteiger partial charge in [-0.1, -0.05) is 30.3 Å². The van der Waals surface area contributed by atoms with Crippen molar-refractivity contribution in [3.63, 3.8) is 0 Å². The Morgan fingerprint density at radius 2 is 2.04 bits per heavy atom. The van der Waals surface area contributed by atoms with Gasteiger partial charge in [-0.3, -0.25) is 10.2 Å². The van der Waals surface area contributed by atoms with E-state index in [1.54, 1.807) is 28.4 Å². The van der Waals surface area contributed by atoms with E-state index < -0.39 is 0 Å². The molecule has 140 valence electrons. The van der Waals surface area contributed by atoms with Crippen molar-refractivity contribution in [3.05, 3.63) is 82.6 Å². The van der Waals surface area contributed by atoms with Crippen LogP contribution in [0.4, 0.5) is 0 Å². The number of ether oxygens (including phenoxy) is 1. The van der Waals surface area contributed by atoms with Crippen molar-refractivity contribution < 1.29 is 9.53 Å². The molecule has 0 aliphatic rings. The Bertz CT molecular complexity index is 1150. The molecule has 0 radical (unpaired) electrons. The van der Waals surface area contributed by atoms with Crippen LogP contribution in [0, 0.1) is 6.92 Å². The lowest BCUT2D eigenvalue weighted by molar-refractivity contribution is -0.112. The standard InChI is InChI=1S/C21H18N4O2S/c1-15-23-17(13-28-15)12-27-20-9-5-2-6-16(20)10-11-21(26)24-25-14-22-18-7-3-4-8-19(18)25/h2-11,13-14H,12H2,1H3,(H,24,26)/b11-10+. The fourth-order valence-electron chi connectivity index (χ4n) is 2.75. The number of nitrogens with one attached hydrogen (secondary N) is 1. The third kappa shape index (κ3) is 4.10. The van der Waals surface area contributed by atoms with Crippen LogP contribution in [-0.4, -0.2) is 20.6 Å². The zero-order valence-electron chi connectivity index (χ0n) is 15.2. The van der Waals surface area contributed by atoms with Crippen molar-refractivity contribution in [1.82, 2.24) is 14.6 Å². The van der Waals surface area contributed by atoms with Gasteiger partial charge in [0.2, 0.25) is 0 Å². The summed E-state index contributed by atoms with van der Waals surface area (Å²) >= 11 is 1.59. The maximum atomic E-state index is 12.3. The number of hydrogen-bond acceptors (Lipinski definition) is 5. The Balaban J connectivity index is 1.44. The van der Waals surface area contributed by atoms with E-state index in [1.807, 2.05) is 60.8 Å². The molecule has 0 saturated heterocycles. The minimum absolute atomic E-state index is 0.256. The largest absolute Gasteiger partial charge is 0.487 e. The summed E-state index contributed by atoms with van der Waals surface area (Å²) in [6.07, 6.45) is 4.79. The first-order valence-electron chi connectivity index (χ1n) is 8.73. The third-order valence-electron chi connectivity index (χ3n) is 4.06. The van der Waals surface area contributed by atoms with Crippen LogP contribution >= 0.6 is 11.3 Å². The van der Waals surface area contributed by atoms with E-state index in [4.69, 9.17) is 4.74 Å². The summed E-state index contributed by atoms with van der Waals surface area (Å²) in [5, 5.41) is 2.99. The number of nitrogens with zero attached hydrogens (tertiary/aromatic N) is 3. The highest BCUT2D eigenvalue weighted by atomic mass is 32.1. The highest BCUT2D eigenvalue weighted by Crippen LogP contribution is 2.21. The molecule has 4 rings (SSSR count). The van der Waals surface area contributed by atoms with Crippen LogP contribution in [0.2, 0.25) is 0 Å². The number of rotatable bonds is 6. The first-order chi connectivity index (χ1) is 13.7. The first kappa shape index (κ1) is 17.9. The van der Waals surface area contributed by atoms with E-state index in [9.17, 15) is 4.79 Å². The number of carbonyl (C=O) groups excluding carboxylic acids is 1. The van der Waals surface area contributed by atoms with Gasteiger partial charge in [-0.05, 0) is 31.2 Å². The molecular weight excluding hydrogens is 372 g/mol. The molecule has 0 unspecified atom stereocenters. The molecule has 0 fully saturated rings. The van der Waals surface area contributed by atoms with Crippen molar-refractivity contribution in [2.75, 3.05) is 5.43 Å². The fraction of sp³-hybridized carbons (Fsp3) is 0.0952. The topological polar surface area (TPSA) is 69.0 Å². The summed E-state index contributed by atoms with van der Waals surface area (Å²) < 4.78 is 7.48. The molecule has 2 aromatic heterocycles. The van der Waals surface area contributed by atoms with Gasteiger partial charge in [0.15, 0.2) is 0 Å². The highest BCUT2D eigenvalue weighted by molar-refractivity contribution is 7.09. The lowest BCUT2D eigenvalue weighted by Gasteiger charge is -2.08. The fourth-order valence-corrected chi connectivity index (χ4v) is 3.34.